The molecular weight excluding hydrogens is 252 g/mol. The molecule has 20 heavy (non-hydrogen) atoms. The molecule has 1 aliphatic carbocycles. The molecule has 0 aromatic heterocycles. The van der Waals surface area contributed by atoms with Gasteiger partial charge in [-0.15, -0.1) is 0 Å². The van der Waals surface area contributed by atoms with Crippen LogP contribution in [0.25, 0.3) is 0 Å². The van der Waals surface area contributed by atoms with Gasteiger partial charge in [0.1, 0.15) is 11.5 Å². The first-order chi connectivity index (χ1) is 9.73. The van der Waals surface area contributed by atoms with Crippen LogP contribution in [0.5, 0.6) is 11.5 Å². The number of nitrogens with zero attached hydrogens (tertiary/aromatic N) is 1. The summed E-state index contributed by atoms with van der Waals surface area (Å²) in [6.45, 7) is 3.80. The highest BCUT2D eigenvalue weighted by atomic mass is 16.5. The summed E-state index contributed by atoms with van der Waals surface area (Å²) in [5.41, 5.74) is 6.79. The summed E-state index contributed by atoms with van der Waals surface area (Å²) < 4.78 is 11.5. The van der Waals surface area contributed by atoms with Gasteiger partial charge in [0.15, 0.2) is 0 Å². The molecule has 0 spiro atoms. The molecule has 2 N–H and O–H groups in total. The van der Waals surface area contributed by atoms with Crippen molar-refractivity contribution in [2.45, 2.75) is 39.2 Å². The second-order valence-electron chi connectivity index (χ2n) is 5.45. The van der Waals surface area contributed by atoms with Crippen LogP contribution in [0.4, 0.5) is 0 Å². The molecule has 0 unspecified atom stereocenters. The number of nitrogens with two attached hydrogens (primary N) is 1. The summed E-state index contributed by atoms with van der Waals surface area (Å²) in [7, 11) is 0. The number of benzene rings is 1. The van der Waals surface area contributed by atoms with E-state index in [-0.39, 0.29) is 5.41 Å². The van der Waals surface area contributed by atoms with Gasteiger partial charge in [-0.25, -0.2) is 0 Å². The van der Waals surface area contributed by atoms with Gasteiger partial charge < -0.3 is 15.2 Å². The molecule has 0 aliphatic heterocycles. The second-order valence-corrected chi connectivity index (χ2v) is 5.45. The molecule has 4 heteroatoms. The summed E-state index contributed by atoms with van der Waals surface area (Å²) in [6.07, 6.45) is 3.69. The lowest BCUT2D eigenvalue weighted by Crippen LogP contribution is -2.14. The molecular formula is C16H22N2O2. The first-order valence-electron chi connectivity index (χ1n) is 7.18. The Labute approximate surface area is 120 Å². The van der Waals surface area contributed by atoms with Crippen LogP contribution in [-0.2, 0) is 6.54 Å². The maximum Gasteiger partial charge on any atom is 0.127 e. The highest BCUT2D eigenvalue weighted by Crippen LogP contribution is 2.48. The van der Waals surface area contributed by atoms with Crippen molar-refractivity contribution in [2.24, 2.45) is 11.1 Å². The van der Waals surface area contributed by atoms with Crippen molar-refractivity contribution in [2.75, 3.05) is 13.2 Å². The third-order valence-electron chi connectivity index (χ3n) is 3.68. The summed E-state index contributed by atoms with van der Waals surface area (Å²) in [5, 5.41) is 8.84. The van der Waals surface area contributed by atoms with Crippen molar-refractivity contribution < 1.29 is 9.47 Å². The highest BCUT2D eigenvalue weighted by Gasteiger charge is 2.43. The summed E-state index contributed by atoms with van der Waals surface area (Å²) in [5.74, 6) is 1.59. The predicted octanol–water partition coefficient (Wildman–Crippen LogP) is 3.01. The second kappa shape index (κ2) is 6.62. The number of rotatable bonds is 8. The molecule has 4 nitrogen and oxygen atoms in total. The van der Waals surface area contributed by atoms with E-state index in [1.54, 1.807) is 0 Å². The van der Waals surface area contributed by atoms with Gasteiger partial charge >= 0.3 is 0 Å². The summed E-state index contributed by atoms with van der Waals surface area (Å²) >= 11 is 0. The number of hydrogen-bond donors (Lipinski definition) is 1. The van der Waals surface area contributed by atoms with Gasteiger partial charge in [0.25, 0.3) is 0 Å². The average Bonchev–Trinajstić information content (AvgIpc) is 3.23. The molecule has 0 saturated heterocycles. The normalized spacial score (nSPS) is 15.4. The third-order valence-corrected chi connectivity index (χ3v) is 3.68. The molecule has 0 atom stereocenters. The molecule has 0 heterocycles. The smallest absolute Gasteiger partial charge is 0.127 e. The minimum absolute atomic E-state index is 0.0703. The van der Waals surface area contributed by atoms with Crippen molar-refractivity contribution >= 4 is 0 Å². The number of hydrogen-bond acceptors (Lipinski definition) is 4. The van der Waals surface area contributed by atoms with Gasteiger partial charge in [-0.05, 0) is 25.3 Å². The van der Waals surface area contributed by atoms with Crippen LogP contribution in [0.2, 0.25) is 0 Å². The van der Waals surface area contributed by atoms with E-state index in [2.05, 4.69) is 13.0 Å². The Morgan fingerprint density at radius 3 is 2.75 bits per heavy atom. The van der Waals surface area contributed by atoms with E-state index in [1.165, 1.54) is 0 Å². The van der Waals surface area contributed by atoms with E-state index in [9.17, 15) is 0 Å². The first kappa shape index (κ1) is 14.7. The Balaban J connectivity index is 2.03. The van der Waals surface area contributed by atoms with Crippen LogP contribution in [0, 0.1) is 16.7 Å². The molecule has 1 aromatic carbocycles. The van der Waals surface area contributed by atoms with Gasteiger partial charge in [0, 0.05) is 30.0 Å². The predicted molar refractivity (Wildman–Crippen MR) is 77.5 cm³/mol. The SMILES string of the molecule is CCCOc1ccc(CN)c(OCC2(CC#N)CC2)c1. The monoisotopic (exact) mass is 274 g/mol. The van der Waals surface area contributed by atoms with Crippen molar-refractivity contribution in [3.8, 4) is 17.6 Å². The van der Waals surface area contributed by atoms with Crippen LogP contribution < -0.4 is 15.2 Å². The zero-order valence-corrected chi connectivity index (χ0v) is 12.0. The average molecular weight is 274 g/mol. The van der Waals surface area contributed by atoms with Gasteiger partial charge in [0.05, 0.1) is 19.3 Å². The summed E-state index contributed by atoms with van der Waals surface area (Å²) in [6, 6.07) is 8.02. The molecule has 1 saturated carbocycles. The molecule has 0 radical (unpaired) electrons. The maximum absolute atomic E-state index is 8.84. The van der Waals surface area contributed by atoms with Crippen molar-refractivity contribution in [3.05, 3.63) is 23.8 Å². The van der Waals surface area contributed by atoms with E-state index in [4.69, 9.17) is 20.5 Å². The Hall–Kier alpha value is -1.73. The topological polar surface area (TPSA) is 68.3 Å². The standard InChI is InChI=1S/C16H22N2O2/c1-2-9-19-14-4-3-13(11-18)15(10-14)20-12-16(5-6-16)7-8-17/h3-4,10H,2,5-7,9,11-12,18H2,1H3. The Bertz CT molecular complexity index is 490. The van der Waals surface area contributed by atoms with Crippen molar-refractivity contribution in [1.82, 2.24) is 0 Å². The molecule has 1 aromatic rings. The Kier molecular flexibility index (Phi) is 4.86. The molecule has 2 rings (SSSR count). The van der Waals surface area contributed by atoms with Gasteiger partial charge in [0.2, 0.25) is 0 Å². The molecule has 1 aliphatic rings. The lowest BCUT2D eigenvalue weighted by molar-refractivity contribution is 0.233. The van der Waals surface area contributed by atoms with E-state index in [1.807, 2.05) is 18.2 Å². The lowest BCUT2D eigenvalue weighted by Gasteiger charge is -2.16. The zero-order valence-electron chi connectivity index (χ0n) is 12.0. The zero-order chi connectivity index (χ0) is 14.4. The lowest BCUT2D eigenvalue weighted by atomic mass is 10.1. The van der Waals surface area contributed by atoms with Crippen molar-refractivity contribution in [1.29, 1.82) is 5.26 Å². The Morgan fingerprint density at radius 2 is 2.15 bits per heavy atom. The minimum Gasteiger partial charge on any atom is -0.493 e. The van der Waals surface area contributed by atoms with Crippen LogP contribution in [0.3, 0.4) is 0 Å². The molecule has 108 valence electrons. The van der Waals surface area contributed by atoms with Crippen LogP contribution in [0.1, 0.15) is 38.2 Å². The van der Waals surface area contributed by atoms with Gasteiger partial charge in [-0.2, -0.15) is 5.26 Å². The fourth-order valence-electron chi connectivity index (χ4n) is 2.10. The first-order valence-corrected chi connectivity index (χ1v) is 7.18. The molecule has 0 bridgehead atoms. The van der Waals surface area contributed by atoms with E-state index in [0.29, 0.717) is 26.2 Å². The molecule has 0 amide bonds. The van der Waals surface area contributed by atoms with Gasteiger partial charge in [-0.1, -0.05) is 13.0 Å². The van der Waals surface area contributed by atoms with Crippen LogP contribution >= 0.6 is 0 Å². The van der Waals surface area contributed by atoms with E-state index < -0.39 is 0 Å². The number of nitriles is 1. The van der Waals surface area contributed by atoms with Crippen LogP contribution in [0.15, 0.2) is 18.2 Å². The van der Waals surface area contributed by atoms with E-state index >= 15 is 0 Å². The maximum atomic E-state index is 8.84. The fourth-order valence-corrected chi connectivity index (χ4v) is 2.10. The highest BCUT2D eigenvalue weighted by molar-refractivity contribution is 5.40. The third kappa shape index (κ3) is 3.64. The fraction of sp³-hybridized carbons (Fsp3) is 0.562. The van der Waals surface area contributed by atoms with Gasteiger partial charge in [-0.3, -0.25) is 0 Å². The number of ether oxygens (including phenoxy) is 2. The Morgan fingerprint density at radius 1 is 1.35 bits per heavy atom. The largest absolute Gasteiger partial charge is 0.493 e. The quantitative estimate of drug-likeness (QED) is 0.791. The van der Waals surface area contributed by atoms with Crippen LogP contribution in [-0.4, -0.2) is 13.2 Å². The summed E-state index contributed by atoms with van der Waals surface area (Å²) in [4.78, 5) is 0. The van der Waals surface area contributed by atoms with Crippen molar-refractivity contribution in [3.63, 3.8) is 0 Å². The van der Waals surface area contributed by atoms with E-state index in [0.717, 1.165) is 36.3 Å². The minimum atomic E-state index is 0.0703. The molecule has 1 fully saturated rings.